The topological polar surface area (TPSA) is 0 Å². The van der Waals surface area contributed by atoms with Gasteiger partial charge in [0.05, 0.1) is 0 Å². The van der Waals surface area contributed by atoms with Crippen molar-refractivity contribution in [2.24, 2.45) is 0 Å². The summed E-state index contributed by atoms with van der Waals surface area (Å²) in [6.45, 7) is 0. The fourth-order valence-electron chi connectivity index (χ4n) is 15.4. The average molecular weight is 1540 g/mol. The van der Waals surface area contributed by atoms with Crippen LogP contribution < -0.4 is 0 Å². The average Bonchev–Trinajstić information content (AvgIpc) is 0.739. The van der Waals surface area contributed by atoms with Crippen molar-refractivity contribution in [2.45, 2.75) is 115 Å². The molecule has 0 bridgehead atoms. The van der Waals surface area contributed by atoms with E-state index in [2.05, 4.69) is 176 Å². The Labute approximate surface area is 630 Å². The SMILES string of the molecule is CSc1cc2c(cc1CCC(CCc1cc3c(cc1SC)c1cc4c(cc1c1cc5c(cc31)SCCS5)SCCS4)c1ccc(Sc3cc4c(cc3SC)c3cc5c(cc3c3cc6c(cc34)SCCS6)SCCS5)cc1)c1cc3c(cc1c1cc4c(cc21)SCCS4)SCCS3. The summed E-state index contributed by atoms with van der Waals surface area (Å²) in [6.07, 6.45) is 11.1. The largest absolute Gasteiger partial charge is 0.129 e. The number of hydrogen-bond acceptors (Lipinski definition) is 16. The van der Waals surface area contributed by atoms with Gasteiger partial charge < -0.3 is 0 Å². The molecular formula is C80H64S16. The molecule has 13 aromatic carbocycles. The summed E-state index contributed by atoms with van der Waals surface area (Å²) in [5.41, 5.74) is 4.42. The quantitative estimate of drug-likeness (QED) is 0.0841. The highest BCUT2D eigenvalue weighted by molar-refractivity contribution is 8.08. The van der Waals surface area contributed by atoms with Gasteiger partial charge in [0.15, 0.2) is 0 Å². The van der Waals surface area contributed by atoms with Gasteiger partial charge in [-0.25, -0.2) is 0 Å². The second-order valence-corrected chi connectivity index (χ2v) is 42.5. The zero-order chi connectivity index (χ0) is 63.7. The minimum Gasteiger partial charge on any atom is -0.129 e. The summed E-state index contributed by atoms with van der Waals surface area (Å²) in [5, 5.41) is 25.4. The Kier molecular flexibility index (Phi) is 18.5. The van der Waals surface area contributed by atoms with Gasteiger partial charge >= 0.3 is 0 Å². The van der Waals surface area contributed by atoms with Crippen LogP contribution >= 0.6 is 188 Å². The molecule has 0 N–H and O–H groups in total. The first kappa shape index (κ1) is 64.6. The lowest BCUT2D eigenvalue weighted by Crippen LogP contribution is -2.05. The molecule has 0 atom stereocenters. The molecule has 19 rings (SSSR count). The summed E-state index contributed by atoms with van der Waals surface area (Å²) < 4.78 is 0. The summed E-state index contributed by atoms with van der Waals surface area (Å²) in [5.74, 6) is 14.4. The molecule has 6 aliphatic heterocycles. The van der Waals surface area contributed by atoms with Crippen LogP contribution in [0.15, 0.2) is 217 Å². The fraction of sp³-hybridized carbons (Fsp3) is 0.250. The van der Waals surface area contributed by atoms with E-state index in [0.717, 1.165) is 25.7 Å². The third kappa shape index (κ3) is 11.7. The van der Waals surface area contributed by atoms with Gasteiger partial charge in [-0.15, -0.1) is 176 Å². The van der Waals surface area contributed by atoms with E-state index < -0.39 is 0 Å². The van der Waals surface area contributed by atoms with Crippen LogP contribution in [0.4, 0.5) is 0 Å². The molecule has 6 heterocycles. The summed E-state index contributed by atoms with van der Waals surface area (Å²) >= 11 is 32.3. The third-order valence-electron chi connectivity index (χ3n) is 20.0. The van der Waals surface area contributed by atoms with Crippen LogP contribution in [-0.2, 0) is 12.8 Å². The predicted molar refractivity (Wildman–Crippen MR) is 451 cm³/mol. The Morgan fingerprint density at radius 2 is 0.458 bits per heavy atom. The first-order valence-corrected chi connectivity index (χ1v) is 49.3. The lowest BCUT2D eigenvalue weighted by atomic mass is 9.86. The van der Waals surface area contributed by atoms with Crippen molar-refractivity contribution in [2.75, 3.05) is 87.8 Å². The van der Waals surface area contributed by atoms with Crippen molar-refractivity contribution < 1.29 is 0 Å². The maximum atomic E-state index is 2.65. The van der Waals surface area contributed by atoms with Gasteiger partial charge in [-0.3, -0.25) is 0 Å². The molecule has 0 saturated carbocycles. The number of hydrogen-bond donors (Lipinski definition) is 0. The minimum atomic E-state index is 0.343. The summed E-state index contributed by atoms with van der Waals surface area (Å²) in [7, 11) is 0. The highest BCUT2D eigenvalue weighted by atomic mass is 32.2. The van der Waals surface area contributed by atoms with E-state index in [1.807, 2.05) is 165 Å². The molecule has 480 valence electrons. The fourth-order valence-corrected chi connectivity index (χ4v) is 32.1. The molecule has 0 amide bonds. The molecule has 0 radical (unpaired) electrons. The van der Waals surface area contributed by atoms with Gasteiger partial charge in [0.1, 0.15) is 0 Å². The Balaban J connectivity index is 0.722. The number of thioether (sulfide) groups is 15. The van der Waals surface area contributed by atoms with Crippen LogP contribution in [0.2, 0.25) is 0 Å². The number of fused-ring (bicyclic) bond motifs is 24. The Morgan fingerprint density at radius 1 is 0.250 bits per heavy atom. The van der Waals surface area contributed by atoms with Crippen LogP contribution in [0.5, 0.6) is 0 Å². The highest BCUT2D eigenvalue weighted by Crippen LogP contribution is 2.54. The Hall–Kier alpha value is -2.20. The standard InChI is InChI=1S/C80H64S16/c1-81-65-26-49-47(52-29-68-73(89-14-12-84-68)34-57(52)59-36-75-70(31-54(49)59)86-16-19-91-75)24-44(65)6-4-42(5-7-45-25-48-50(27-66(45)82-2)55-32-71-76(92-20-17-87-71)37-60(55)58-35-74-69(30-53(48)58)85-13-15-90-74)43-8-10-46(11-9-43)96-80-41-64-51(28-67(80)83-3)56-33-72-77(93-21-18-88-72)38-61(56)62-39-78-79(40-63(62)64)95-23-22-94-78/h8-11,24-42H,4-7,12-23H2,1-3H3. The molecule has 0 aliphatic carbocycles. The number of aryl methyl sites for hydroxylation is 2. The number of rotatable bonds is 12. The van der Waals surface area contributed by atoms with Crippen molar-refractivity contribution in [1.29, 1.82) is 0 Å². The first-order valence-electron chi connectivity index (χ1n) is 32.9. The zero-order valence-corrected chi connectivity index (χ0v) is 66.2. The van der Waals surface area contributed by atoms with Crippen molar-refractivity contribution in [3.05, 3.63) is 150 Å². The minimum absolute atomic E-state index is 0.343. The Morgan fingerprint density at radius 3 is 0.698 bits per heavy atom. The van der Waals surface area contributed by atoms with Gasteiger partial charge in [-0.05, 0) is 285 Å². The second kappa shape index (κ2) is 27.4. The highest BCUT2D eigenvalue weighted by Gasteiger charge is 2.27. The second-order valence-electron chi connectivity index (χ2n) is 25.2. The van der Waals surface area contributed by atoms with Crippen LogP contribution in [0.25, 0.3) is 97.0 Å². The molecule has 0 fully saturated rings. The van der Waals surface area contributed by atoms with Gasteiger partial charge in [-0.1, -0.05) is 23.9 Å². The van der Waals surface area contributed by atoms with Crippen molar-refractivity contribution >= 4 is 285 Å². The van der Waals surface area contributed by atoms with E-state index in [-0.39, 0.29) is 0 Å². The van der Waals surface area contributed by atoms with Crippen LogP contribution in [0, 0.1) is 0 Å². The van der Waals surface area contributed by atoms with Crippen LogP contribution in [0.3, 0.4) is 0 Å². The molecule has 0 nitrogen and oxygen atoms in total. The van der Waals surface area contributed by atoms with Gasteiger partial charge in [-0.2, -0.15) is 0 Å². The van der Waals surface area contributed by atoms with E-state index in [9.17, 15) is 0 Å². The van der Waals surface area contributed by atoms with E-state index in [0.29, 0.717) is 5.92 Å². The first-order chi connectivity index (χ1) is 47.4. The van der Waals surface area contributed by atoms with E-state index >= 15 is 0 Å². The van der Waals surface area contributed by atoms with Gasteiger partial charge in [0.25, 0.3) is 0 Å². The maximum absolute atomic E-state index is 2.65. The summed E-state index contributed by atoms with van der Waals surface area (Å²) in [4.78, 5) is 24.2. The Bertz CT molecular complexity index is 5120. The van der Waals surface area contributed by atoms with Crippen LogP contribution in [-0.4, -0.2) is 87.8 Å². The van der Waals surface area contributed by atoms with Crippen molar-refractivity contribution in [3.8, 4) is 0 Å². The molecular weight excluding hydrogens is 1470 g/mol. The molecule has 13 aromatic rings. The normalized spacial score (nSPS) is 16.3. The maximum Gasteiger partial charge on any atom is 0.0264 e. The number of benzene rings is 13. The van der Waals surface area contributed by atoms with Crippen LogP contribution in [0.1, 0.15) is 35.4 Å². The van der Waals surface area contributed by atoms with E-state index in [1.165, 1.54) is 266 Å². The van der Waals surface area contributed by atoms with E-state index in [4.69, 9.17) is 0 Å². The molecule has 0 spiro atoms. The molecule has 96 heavy (non-hydrogen) atoms. The molecule has 0 saturated heterocycles. The van der Waals surface area contributed by atoms with Crippen molar-refractivity contribution in [1.82, 2.24) is 0 Å². The van der Waals surface area contributed by atoms with Gasteiger partial charge in [0.2, 0.25) is 0 Å². The smallest absolute Gasteiger partial charge is 0.0264 e. The van der Waals surface area contributed by atoms with E-state index in [1.54, 1.807) is 0 Å². The molecule has 0 aromatic heterocycles. The van der Waals surface area contributed by atoms with Crippen molar-refractivity contribution in [3.63, 3.8) is 0 Å². The van der Waals surface area contributed by atoms with Gasteiger partial charge in [0, 0.05) is 152 Å². The lowest BCUT2D eigenvalue weighted by molar-refractivity contribution is 0.572. The lowest BCUT2D eigenvalue weighted by Gasteiger charge is -2.23. The zero-order valence-electron chi connectivity index (χ0n) is 53.1. The predicted octanol–water partition coefficient (Wildman–Crippen LogP) is 27.9. The third-order valence-corrected chi connectivity index (χ3v) is 38.6. The molecule has 6 aliphatic rings. The summed E-state index contributed by atoms with van der Waals surface area (Å²) in [6, 6.07) is 56.2. The molecule has 0 unspecified atom stereocenters. The monoisotopic (exact) mass is 1540 g/mol. The molecule has 16 heteroatoms.